The summed E-state index contributed by atoms with van der Waals surface area (Å²) in [6.45, 7) is 3.71. The maximum Gasteiger partial charge on any atom is 0.228 e. The lowest BCUT2D eigenvalue weighted by molar-refractivity contribution is 0.122. The monoisotopic (exact) mass is 437 g/mol. The highest BCUT2D eigenvalue weighted by Crippen LogP contribution is 2.38. The van der Waals surface area contributed by atoms with Crippen LogP contribution in [0.4, 0.5) is 17.5 Å². The molecule has 6 rings (SSSR count). The van der Waals surface area contributed by atoms with Crippen LogP contribution in [0.15, 0.2) is 67.1 Å². The van der Waals surface area contributed by atoms with Gasteiger partial charge >= 0.3 is 0 Å². The molecular formula is C25H23N7O. The average Bonchev–Trinajstić information content (AvgIpc) is 3.34. The predicted molar refractivity (Wildman–Crippen MR) is 126 cm³/mol. The van der Waals surface area contributed by atoms with Gasteiger partial charge in [-0.1, -0.05) is 30.3 Å². The molecule has 0 spiro atoms. The van der Waals surface area contributed by atoms with E-state index in [-0.39, 0.29) is 0 Å². The van der Waals surface area contributed by atoms with E-state index in [1.54, 1.807) is 12.4 Å². The van der Waals surface area contributed by atoms with E-state index in [4.69, 9.17) is 19.7 Å². The standard InChI is InChI=1S/C25H23N7O/c1-2-5-18(6-3-1)23-27-11-8-21(28-23)22-20-9-12-32(19-7-4-10-26-17-19)24(20)30-25(29-22)31-13-15-33-16-14-31/h1-8,10-11,17H,9,12-16H2. The van der Waals surface area contributed by atoms with Crippen molar-refractivity contribution in [3.8, 4) is 22.8 Å². The zero-order chi connectivity index (χ0) is 22.0. The molecule has 164 valence electrons. The van der Waals surface area contributed by atoms with Crippen LogP contribution in [0.25, 0.3) is 22.8 Å². The van der Waals surface area contributed by atoms with Gasteiger partial charge in [-0.15, -0.1) is 0 Å². The molecule has 0 bridgehead atoms. The normalized spacial score (nSPS) is 15.5. The molecule has 0 radical (unpaired) electrons. The van der Waals surface area contributed by atoms with Crippen LogP contribution >= 0.6 is 0 Å². The molecule has 0 saturated carbocycles. The first-order chi connectivity index (χ1) is 16.4. The SMILES string of the molecule is c1ccc(-c2nccc(-c3nc(N4CCOCC4)nc4c3CCN4c3cccnc3)n2)cc1. The number of aromatic nitrogens is 5. The minimum absolute atomic E-state index is 0.674. The van der Waals surface area contributed by atoms with Crippen molar-refractivity contribution < 1.29 is 4.74 Å². The molecule has 0 unspecified atom stereocenters. The summed E-state index contributed by atoms with van der Waals surface area (Å²) < 4.78 is 5.55. The Balaban J connectivity index is 1.49. The smallest absolute Gasteiger partial charge is 0.228 e. The van der Waals surface area contributed by atoms with Crippen molar-refractivity contribution in [1.29, 1.82) is 0 Å². The number of hydrogen-bond acceptors (Lipinski definition) is 8. The Kier molecular flexibility index (Phi) is 5.12. The van der Waals surface area contributed by atoms with Crippen molar-refractivity contribution >= 4 is 17.5 Å². The fourth-order valence-electron chi connectivity index (χ4n) is 4.34. The molecule has 8 heteroatoms. The Labute approximate surface area is 192 Å². The van der Waals surface area contributed by atoms with Gasteiger partial charge in [-0.25, -0.2) is 15.0 Å². The molecular weight excluding hydrogens is 414 g/mol. The zero-order valence-corrected chi connectivity index (χ0v) is 18.1. The predicted octanol–water partition coefficient (Wildman–Crippen LogP) is 3.53. The van der Waals surface area contributed by atoms with Crippen LogP contribution in [0.3, 0.4) is 0 Å². The number of nitrogens with zero attached hydrogens (tertiary/aromatic N) is 7. The molecule has 1 aromatic carbocycles. The number of anilines is 3. The number of fused-ring (bicyclic) bond motifs is 1. The number of pyridine rings is 1. The van der Waals surface area contributed by atoms with Gasteiger partial charge in [0.1, 0.15) is 5.82 Å². The van der Waals surface area contributed by atoms with Crippen molar-refractivity contribution in [3.63, 3.8) is 0 Å². The van der Waals surface area contributed by atoms with Crippen LogP contribution in [-0.2, 0) is 11.2 Å². The highest BCUT2D eigenvalue weighted by molar-refractivity contribution is 5.76. The molecule has 0 N–H and O–H groups in total. The highest BCUT2D eigenvalue weighted by Gasteiger charge is 2.29. The van der Waals surface area contributed by atoms with E-state index in [2.05, 4.69) is 25.8 Å². The quantitative estimate of drug-likeness (QED) is 0.480. The van der Waals surface area contributed by atoms with Crippen LogP contribution in [0.1, 0.15) is 5.56 Å². The summed E-state index contributed by atoms with van der Waals surface area (Å²) in [6.07, 6.45) is 6.32. The van der Waals surface area contributed by atoms with E-state index in [9.17, 15) is 0 Å². The third kappa shape index (κ3) is 3.78. The molecule has 33 heavy (non-hydrogen) atoms. The molecule has 2 aliphatic heterocycles. The Hall–Kier alpha value is -3.91. The first-order valence-electron chi connectivity index (χ1n) is 11.2. The van der Waals surface area contributed by atoms with E-state index < -0.39 is 0 Å². The van der Waals surface area contributed by atoms with Crippen LogP contribution in [0.2, 0.25) is 0 Å². The van der Waals surface area contributed by atoms with Gasteiger partial charge in [-0.05, 0) is 24.6 Å². The van der Waals surface area contributed by atoms with Crippen LogP contribution in [0.5, 0.6) is 0 Å². The second-order valence-corrected chi connectivity index (χ2v) is 8.02. The molecule has 1 fully saturated rings. The van der Waals surface area contributed by atoms with Gasteiger partial charge in [0.2, 0.25) is 5.95 Å². The second kappa shape index (κ2) is 8.55. The van der Waals surface area contributed by atoms with Gasteiger partial charge in [0.25, 0.3) is 0 Å². The lowest BCUT2D eigenvalue weighted by Gasteiger charge is -2.28. The summed E-state index contributed by atoms with van der Waals surface area (Å²) in [5.74, 6) is 2.33. The molecule has 2 aliphatic rings. The number of benzene rings is 1. The molecule has 0 aliphatic carbocycles. The van der Waals surface area contributed by atoms with Gasteiger partial charge in [0.15, 0.2) is 5.82 Å². The zero-order valence-electron chi connectivity index (χ0n) is 18.1. The molecule has 0 atom stereocenters. The number of rotatable bonds is 4. The summed E-state index contributed by atoms with van der Waals surface area (Å²) in [5, 5.41) is 0. The first kappa shape index (κ1) is 19.8. The molecule has 1 saturated heterocycles. The van der Waals surface area contributed by atoms with Gasteiger partial charge in [0, 0.05) is 43.2 Å². The van der Waals surface area contributed by atoms with Crippen LogP contribution in [-0.4, -0.2) is 57.8 Å². The van der Waals surface area contributed by atoms with Crippen molar-refractivity contribution in [2.75, 3.05) is 42.6 Å². The Morgan fingerprint density at radius 1 is 0.818 bits per heavy atom. The third-order valence-corrected chi connectivity index (χ3v) is 6.00. The van der Waals surface area contributed by atoms with E-state index in [1.807, 2.05) is 48.7 Å². The second-order valence-electron chi connectivity index (χ2n) is 8.02. The molecule has 3 aromatic heterocycles. The minimum Gasteiger partial charge on any atom is -0.378 e. The van der Waals surface area contributed by atoms with Crippen molar-refractivity contribution in [2.24, 2.45) is 0 Å². The summed E-state index contributed by atoms with van der Waals surface area (Å²) in [7, 11) is 0. The third-order valence-electron chi connectivity index (χ3n) is 6.00. The largest absolute Gasteiger partial charge is 0.378 e. The fourth-order valence-corrected chi connectivity index (χ4v) is 4.34. The maximum atomic E-state index is 5.55. The van der Waals surface area contributed by atoms with E-state index in [1.165, 1.54) is 0 Å². The van der Waals surface area contributed by atoms with Gasteiger partial charge < -0.3 is 14.5 Å². The molecule has 5 heterocycles. The average molecular weight is 438 g/mol. The van der Waals surface area contributed by atoms with Crippen LogP contribution in [0, 0.1) is 0 Å². The Morgan fingerprint density at radius 2 is 1.70 bits per heavy atom. The summed E-state index contributed by atoms with van der Waals surface area (Å²) in [6, 6.07) is 16.0. The number of ether oxygens (including phenoxy) is 1. The van der Waals surface area contributed by atoms with Crippen molar-refractivity contribution in [3.05, 3.63) is 72.7 Å². The van der Waals surface area contributed by atoms with Gasteiger partial charge in [-0.3, -0.25) is 4.98 Å². The Bertz CT molecular complexity index is 1260. The highest BCUT2D eigenvalue weighted by atomic mass is 16.5. The van der Waals surface area contributed by atoms with Crippen molar-refractivity contribution in [1.82, 2.24) is 24.9 Å². The van der Waals surface area contributed by atoms with Crippen LogP contribution < -0.4 is 9.80 Å². The van der Waals surface area contributed by atoms with Gasteiger partial charge in [-0.2, -0.15) is 4.98 Å². The first-order valence-corrected chi connectivity index (χ1v) is 11.2. The molecule has 8 nitrogen and oxygen atoms in total. The van der Waals surface area contributed by atoms with Gasteiger partial charge in [0.05, 0.1) is 36.5 Å². The summed E-state index contributed by atoms with van der Waals surface area (Å²) >= 11 is 0. The molecule has 0 amide bonds. The molecule has 4 aromatic rings. The fraction of sp³-hybridized carbons (Fsp3) is 0.240. The van der Waals surface area contributed by atoms with E-state index in [0.29, 0.717) is 25.0 Å². The lowest BCUT2D eigenvalue weighted by atomic mass is 10.1. The van der Waals surface area contributed by atoms with Crippen molar-refractivity contribution in [2.45, 2.75) is 6.42 Å². The van der Waals surface area contributed by atoms with E-state index >= 15 is 0 Å². The number of morpholine rings is 1. The number of hydrogen-bond donors (Lipinski definition) is 0. The maximum absolute atomic E-state index is 5.55. The lowest BCUT2D eigenvalue weighted by Crippen LogP contribution is -2.37. The summed E-state index contributed by atoms with van der Waals surface area (Å²) in [5.41, 5.74) is 4.79. The minimum atomic E-state index is 0.674. The summed E-state index contributed by atoms with van der Waals surface area (Å²) in [4.78, 5) is 28.2. The van der Waals surface area contributed by atoms with E-state index in [0.717, 1.165) is 60.1 Å². The topological polar surface area (TPSA) is 80.2 Å². The Morgan fingerprint density at radius 3 is 2.52 bits per heavy atom.